The van der Waals surface area contributed by atoms with Gasteiger partial charge in [-0.3, -0.25) is 4.79 Å². The van der Waals surface area contributed by atoms with Gasteiger partial charge in [-0.2, -0.15) is 9.29 Å². The maximum Gasteiger partial charge on any atom is 0.246 e. The smallest absolute Gasteiger partial charge is 0.246 e. The summed E-state index contributed by atoms with van der Waals surface area (Å²) in [6.07, 6.45) is 1.05. The highest BCUT2D eigenvalue weighted by atomic mass is 35.5. The second-order valence-electron chi connectivity index (χ2n) is 9.33. The molecule has 192 valence electrons. The van der Waals surface area contributed by atoms with Crippen molar-refractivity contribution >= 4 is 38.3 Å². The number of fused-ring (bicyclic) bond motifs is 1. The number of sulfonamides is 1. The Balaban J connectivity index is 1.39. The van der Waals surface area contributed by atoms with Crippen LogP contribution in [-0.2, 0) is 21.4 Å². The molecule has 0 spiro atoms. The molecule has 5 rings (SSSR count). The number of amides is 1. The Morgan fingerprint density at radius 1 is 1.11 bits per heavy atom. The van der Waals surface area contributed by atoms with E-state index in [1.165, 1.54) is 4.31 Å². The van der Waals surface area contributed by atoms with Crippen LogP contribution in [0.3, 0.4) is 0 Å². The van der Waals surface area contributed by atoms with Gasteiger partial charge in [-0.1, -0.05) is 59.2 Å². The number of hydrogen-bond acceptors (Lipinski definition) is 6. The zero-order valence-corrected chi connectivity index (χ0v) is 22.1. The van der Waals surface area contributed by atoms with Crippen molar-refractivity contribution in [2.24, 2.45) is 0 Å². The second-order valence-corrected chi connectivity index (χ2v) is 11.6. The van der Waals surface area contributed by atoms with Gasteiger partial charge in [0.1, 0.15) is 12.6 Å². The van der Waals surface area contributed by atoms with E-state index in [1.807, 2.05) is 50.2 Å². The van der Waals surface area contributed by atoms with E-state index >= 15 is 0 Å². The molecule has 4 aromatic rings. The zero-order valence-electron chi connectivity index (χ0n) is 20.5. The molecule has 0 radical (unpaired) electrons. The topological polar surface area (TPSA) is 96.6 Å². The second kappa shape index (κ2) is 10.2. The fourth-order valence-electron chi connectivity index (χ4n) is 4.66. The molecule has 1 unspecified atom stereocenters. The number of rotatable bonds is 7. The van der Waals surface area contributed by atoms with Gasteiger partial charge < -0.3 is 9.42 Å². The average molecular weight is 539 g/mol. The number of benzene rings is 3. The van der Waals surface area contributed by atoms with E-state index in [0.717, 1.165) is 10.8 Å². The van der Waals surface area contributed by atoms with Crippen LogP contribution in [0.15, 0.2) is 76.1 Å². The number of halogens is 1. The van der Waals surface area contributed by atoms with Crippen LogP contribution in [0.4, 0.5) is 0 Å². The maximum absolute atomic E-state index is 13.7. The Bertz CT molecular complexity index is 1550. The van der Waals surface area contributed by atoms with Crippen LogP contribution in [0.1, 0.15) is 32.6 Å². The van der Waals surface area contributed by atoms with Gasteiger partial charge in [0.25, 0.3) is 0 Å². The van der Waals surface area contributed by atoms with Crippen molar-refractivity contribution in [1.82, 2.24) is 19.3 Å². The van der Waals surface area contributed by atoms with E-state index in [9.17, 15) is 13.2 Å². The number of hydrogen-bond donors (Lipinski definition) is 0. The average Bonchev–Trinajstić information content (AvgIpc) is 3.57. The molecule has 37 heavy (non-hydrogen) atoms. The monoisotopic (exact) mass is 538 g/mol. The normalized spacial score (nSPS) is 16.5. The summed E-state index contributed by atoms with van der Waals surface area (Å²) in [5.41, 5.74) is 0.630. The van der Waals surface area contributed by atoms with Crippen LogP contribution >= 0.6 is 11.6 Å². The maximum atomic E-state index is 13.7. The van der Waals surface area contributed by atoms with E-state index in [4.69, 9.17) is 16.1 Å². The molecule has 1 amide bonds. The molecule has 1 saturated heterocycles. The van der Waals surface area contributed by atoms with Crippen LogP contribution in [0.5, 0.6) is 0 Å². The molecule has 0 aliphatic carbocycles. The molecule has 1 aliphatic heterocycles. The van der Waals surface area contributed by atoms with E-state index in [1.54, 1.807) is 35.2 Å². The van der Waals surface area contributed by atoms with Gasteiger partial charge in [-0.25, -0.2) is 8.42 Å². The molecule has 0 N–H and O–H groups in total. The van der Waals surface area contributed by atoms with Crippen molar-refractivity contribution in [3.63, 3.8) is 0 Å². The summed E-state index contributed by atoms with van der Waals surface area (Å²) in [6.45, 7) is 4.10. The van der Waals surface area contributed by atoms with Gasteiger partial charge >= 0.3 is 0 Å². The predicted molar refractivity (Wildman–Crippen MR) is 141 cm³/mol. The summed E-state index contributed by atoms with van der Waals surface area (Å²) in [5, 5.41) is 6.30. The first-order valence-corrected chi connectivity index (χ1v) is 14.0. The first kappa shape index (κ1) is 25.4. The number of aromatic nitrogens is 2. The first-order chi connectivity index (χ1) is 17.8. The predicted octanol–water partition coefficient (Wildman–Crippen LogP) is 5.13. The highest BCUT2D eigenvalue weighted by Gasteiger charge is 2.42. The SMILES string of the molecule is CC(C)N(Cc1nc(-c2ccccc2Cl)no1)C(=O)C1CCCN1S(=O)(=O)c1ccc2ccccc2c1. The Kier molecular flexibility index (Phi) is 7.02. The van der Waals surface area contributed by atoms with E-state index < -0.39 is 16.1 Å². The van der Waals surface area contributed by atoms with Gasteiger partial charge in [0.2, 0.25) is 27.6 Å². The number of nitrogens with zero attached hydrogens (tertiary/aromatic N) is 4. The lowest BCUT2D eigenvalue weighted by molar-refractivity contribution is -0.137. The number of carbonyl (C=O) groups is 1. The fourth-order valence-corrected chi connectivity index (χ4v) is 6.57. The molecule has 2 heterocycles. The lowest BCUT2D eigenvalue weighted by Crippen LogP contribution is -2.49. The molecule has 1 aromatic heterocycles. The van der Waals surface area contributed by atoms with Crippen LogP contribution in [0, 0.1) is 0 Å². The zero-order chi connectivity index (χ0) is 26.2. The molecule has 1 fully saturated rings. The van der Waals surface area contributed by atoms with E-state index in [2.05, 4.69) is 10.1 Å². The van der Waals surface area contributed by atoms with Gasteiger partial charge in [0.05, 0.1) is 9.92 Å². The molecular weight excluding hydrogens is 512 g/mol. The minimum absolute atomic E-state index is 0.0638. The van der Waals surface area contributed by atoms with Crippen LogP contribution in [0.2, 0.25) is 5.02 Å². The number of carbonyl (C=O) groups excluding carboxylic acids is 1. The molecule has 1 atom stereocenters. The van der Waals surface area contributed by atoms with Crippen molar-refractivity contribution in [2.45, 2.75) is 50.2 Å². The van der Waals surface area contributed by atoms with Gasteiger partial charge in [-0.05, 0) is 61.7 Å². The minimum atomic E-state index is -3.87. The summed E-state index contributed by atoms with van der Waals surface area (Å²) in [7, 11) is -3.87. The van der Waals surface area contributed by atoms with Crippen LogP contribution in [0.25, 0.3) is 22.2 Å². The van der Waals surface area contributed by atoms with Crippen molar-refractivity contribution in [2.75, 3.05) is 6.54 Å². The Labute approximate surface area is 220 Å². The largest absolute Gasteiger partial charge is 0.337 e. The summed E-state index contributed by atoms with van der Waals surface area (Å²) in [5.74, 6) is 0.298. The Morgan fingerprint density at radius 2 is 1.84 bits per heavy atom. The standard InChI is InChI=1S/C27H27ClN4O4S/c1-18(2)31(17-25-29-26(30-36-25)22-10-5-6-11-23(22)28)27(33)24-12-7-15-32(24)37(34,35)21-14-13-19-8-3-4-9-20(19)16-21/h3-6,8-11,13-14,16,18,24H,7,12,15,17H2,1-2H3. The van der Waals surface area contributed by atoms with E-state index in [0.29, 0.717) is 29.3 Å². The molecule has 0 bridgehead atoms. The summed E-state index contributed by atoms with van der Waals surface area (Å²) in [4.78, 5) is 19.9. The third-order valence-electron chi connectivity index (χ3n) is 6.61. The van der Waals surface area contributed by atoms with Gasteiger partial charge in [0.15, 0.2) is 0 Å². The quantitative estimate of drug-likeness (QED) is 0.323. The lowest BCUT2D eigenvalue weighted by Gasteiger charge is -2.31. The molecule has 0 saturated carbocycles. The van der Waals surface area contributed by atoms with Crippen molar-refractivity contribution in [1.29, 1.82) is 0 Å². The highest BCUT2D eigenvalue weighted by Crippen LogP contribution is 2.30. The molecule has 10 heteroatoms. The molecular formula is C27H27ClN4O4S. The summed E-state index contributed by atoms with van der Waals surface area (Å²) >= 11 is 6.25. The van der Waals surface area contributed by atoms with E-state index in [-0.39, 0.29) is 35.8 Å². The Morgan fingerprint density at radius 3 is 2.59 bits per heavy atom. The third-order valence-corrected chi connectivity index (χ3v) is 8.84. The molecule has 8 nitrogen and oxygen atoms in total. The molecule has 1 aliphatic rings. The first-order valence-electron chi connectivity index (χ1n) is 12.1. The van der Waals surface area contributed by atoms with Crippen molar-refractivity contribution in [3.05, 3.63) is 77.6 Å². The Hall–Kier alpha value is -3.27. The summed E-state index contributed by atoms with van der Waals surface area (Å²) < 4.78 is 34.0. The molecule has 3 aromatic carbocycles. The van der Waals surface area contributed by atoms with Gasteiger partial charge in [-0.15, -0.1) is 0 Å². The highest BCUT2D eigenvalue weighted by molar-refractivity contribution is 7.89. The lowest BCUT2D eigenvalue weighted by atomic mass is 10.1. The van der Waals surface area contributed by atoms with Gasteiger partial charge in [0, 0.05) is 18.2 Å². The van der Waals surface area contributed by atoms with Crippen molar-refractivity contribution < 1.29 is 17.7 Å². The third kappa shape index (κ3) is 4.99. The van der Waals surface area contributed by atoms with Crippen LogP contribution < -0.4 is 0 Å². The summed E-state index contributed by atoms with van der Waals surface area (Å²) in [6, 6.07) is 18.8. The minimum Gasteiger partial charge on any atom is -0.337 e. The van der Waals surface area contributed by atoms with Crippen molar-refractivity contribution in [3.8, 4) is 11.4 Å². The van der Waals surface area contributed by atoms with Crippen LogP contribution in [-0.4, -0.2) is 52.3 Å². The fraction of sp³-hybridized carbons (Fsp3) is 0.296.